The smallest absolute Gasteiger partial charge is 0.279 e. The highest BCUT2D eigenvalue weighted by molar-refractivity contribution is 7.15. The monoisotopic (exact) mass is 315 g/mol. The Morgan fingerprint density at radius 2 is 2.23 bits per heavy atom. The van der Waals surface area contributed by atoms with Crippen molar-refractivity contribution in [3.05, 3.63) is 63.1 Å². The fourth-order valence-corrected chi connectivity index (χ4v) is 3.53. The lowest BCUT2D eigenvalue weighted by atomic mass is 9.87. The lowest BCUT2D eigenvalue weighted by molar-refractivity contribution is -0.116. The SMILES string of the molecule is O=C1CC(c2cccc(F)c2)c2c(n3ccsc3nc2=O)N1. The first-order chi connectivity index (χ1) is 10.6. The van der Waals surface area contributed by atoms with Gasteiger partial charge in [0.15, 0.2) is 4.96 Å². The predicted octanol–water partition coefficient (Wildman–Crippen LogP) is 2.37. The highest BCUT2D eigenvalue weighted by atomic mass is 32.1. The van der Waals surface area contributed by atoms with Gasteiger partial charge >= 0.3 is 0 Å². The minimum Gasteiger partial charge on any atom is -0.311 e. The number of fused-ring (bicyclic) bond motifs is 3. The normalized spacial score (nSPS) is 17.3. The Morgan fingerprint density at radius 3 is 3.05 bits per heavy atom. The van der Waals surface area contributed by atoms with Gasteiger partial charge in [0, 0.05) is 23.9 Å². The summed E-state index contributed by atoms with van der Waals surface area (Å²) in [6.45, 7) is 0. The van der Waals surface area contributed by atoms with E-state index < -0.39 is 11.7 Å². The molecular weight excluding hydrogens is 305 g/mol. The van der Waals surface area contributed by atoms with E-state index in [0.717, 1.165) is 0 Å². The molecule has 0 radical (unpaired) electrons. The van der Waals surface area contributed by atoms with Crippen LogP contribution in [-0.4, -0.2) is 15.3 Å². The number of hydrogen-bond acceptors (Lipinski definition) is 4. The maximum absolute atomic E-state index is 13.5. The fraction of sp³-hybridized carbons (Fsp3) is 0.133. The number of halogens is 1. The van der Waals surface area contributed by atoms with Crippen molar-refractivity contribution in [1.29, 1.82) is 0 Å². The second-order valence-corrected chi connectivity index (χ2v) is 5.97. The summed E-state index contributed by atoms with van der Waals surface area (Å²) < 4.78 is 15.2. The molecule has 7 heteroatoms. The number of carbonyl (C=O) groups is 1. The Balaban J connectivity index is 2.01. The average molecular weight is 315 g/mol. The van der Waals surface area contributed by atoms with Gasteiger partial charge in [0.25, 0.3) is 5.56 Å². The van der Waals surface area contributed by atoms with E-state index in [-0.39, 0.29) is 17.9 Å². The lowest BCUT2D eigenvalue weighted by Gasteiger charge is -2.25. The van der Waals surface area contributed by atoms with Gasteiger partial charge in [0.1, 0.15) is 11.6 Å². The lowest BCUT2D eigenvalue weighted by Crippen LogP contribution is -2.31. The zero-order valence-corrected chi connectivity index (χ0v) is 12.1. The van der Waals surface area contributed by atoms with E-state index in [1.54, 1.807) is 28.1 Å². The first-order valence-electron chi connectivity index (χ1n) is 6.68. The molecule has 3 aromatic rings. The summed E-state index contributed by atoms with van der Waals surface area (Å²) in [6.07, 6.45) is 1.85. The van der Waals surface area contributed by atoms with Crippen LogP contribution < -0.4 is 10.9 Å². The number of benzene rings is 1. The van der Waals surface area contributed by atoms with Gasteiger partial charge in [-0.1, -0.05) is 12.1 Å². The van der Waals surface area contributed by atoms with Crippen LogP contribution in [0.4, 0.5) is 10.2 Å². The molecule has 1 N–H and O–H groups in total. The Morgan fingerprint density at radius 1 is 1.36 bits per heavy atom. The van der Waals surface area contributed by atoms with Crippen molar-refractivity contribution < 1.29 is 9.18 Å². The quantitative estimate of drug-likeness (QED) is 0.750. The molecule has 1 amide bonds. The Hall–Kier alpha value is -2.54. The van der Waals surface area contributed by atoms with Gasteiger partial charge in [0.2, 0.25) is 5.91 Å². The van der Waals surface area contributed by atoms with E-state index in [2.05, 4.69) is 10.3 Å². The molecule has 0 saturated carbocycles. The van der Waals surface area contributed by atoms with Gasteiger partial charge in [-0.05, 0) is 17.7 Å². The molecule has 3 heterocycles. The van der Waals surface area contributed by atoms with Crippen LogP contribution in [0.5, 0.6) is 0 Å². The molecule has 1 aliphatic heterocycles. The molecular formula is C15H10FN3O2S. The highest BCUT2D eigenvalue weighted by Crippen LogP contribution is 2.35. The number of carbonyl (C=O) groups excluding carboxylic acids is 1. The number of hydrogen-bond donors (Lipinski definition) is 1. The zero-order chi connectivity index (χ0) is 15.3. The minimum absolute atomic E-state index is 0.101. The maximum Gasteiger partial charge on any atom is 0.279 e. The van der Waals surface area contributed by atoms with Crippen molar-refractivity contribution in [1.82, 2.24) is 9.38 Å². The summed E-state index contributed by atoms with van der Waals surface area (Å²) in [5.74, 6) is -0.653. The molecule has 1 unspecified atom stereocenters. The third-order valence-corrected chi connectivity index (χ3v) is 4.52. The van der Waals surface area contributed by atoms with Crippen LogP contribution in [0.25, 0.3) is 4.96 Å². The summed E-state index contributed by atoms with van der Waals surface area (Å²) in [7, 11) is 0. The van der Waals surface area contributed by atoms with Gasteiger partial charge in [-0.3, -0.25) is 14.0 Å². The molecule has 22 heavy (non-hydrogen) atoms. The standard InChI is InChI=1S/C15H10FN3O2S/c16-9-3-1-2-8(6-9)10-7-11(20)17-13-12(10)14(21)18-15-19(13)4-5-22-15/h1-6,10H,7H2,(H,17,20). The predicted molar refractivity (Wildman–Crippen MR) is 80.8 cm³/mol. The van der Waals surface area contributed by atoms with Crippen LogP contribution in [0, 0.1) is 5.82 Å². The highest BCUT2D eigenvalue weighted by Gasteiger charge is 2.31. The van der Waals surface area contributed by atoms with Crippen LogP contribution in [0.1, 0.15) is 23.5 Å². The largest absolute Gasteiger partial charge is 0.311 e. The first-order valence-corrected chi connectivity index (χ1v) is 7.56. The Kier molecular flexibility index (Phi) is 2.83. The molecule has 110 valence electrons. The van der Waals surface area contributed by atoms with E-state index >= 15 is 0 Å². The van der Waals surface area contributed by atoms with Crippen LogP contribution in [0.2, 0.25) is 0 Å². The van der Waals surface area contributed by atoms with Gasteiger partial charge in [0.05, 0.1) is 5.56 Å². The summed E-state index contributed by atoms with van der Waals surface area (Å²) in [6, 6.07) is 5.98. The molecule has 0 bridgehead atoms. The molecule has 1 atom stereocenters. The average Bonchev–Trinajstić information content (AvgIpc) is 2.94. The van der Waals surface area contributed by atoms with Crippen LogP contribution in [-0.2, 0) is 4.79 Å². The van der Waals surface area contributed by atoms with Gasteiger partial charge in [-0.15, -0.1) is 11.3 Å². The number of rotatable bonds is 1. The Labute approximate surface area is 128 Å². The van der Waals surface area contributed by atoms with E-state index in [9.17, 15) is 14.0 Å². The van der Waals surface area contributed by atoms with E-state index in [1.165, 1.54) is 23.5 Å². The van der Waals surface area contributed by atoms with E-state index in [4.69, 9.17) is 0 Å². The van der Waals surface area contributed by atoms with Crippen molar-refractivity contribution >= 4 is 28.0 Å². The topological polar surface area (TPSA) is 63.5 Å². The number of aromatic nitrogens is 2. The minimum atomic E-state index is -0.490. The van der Waals surface area contributed by atoms with E-state index in [0.29, 0.717) is 21.9 Å². The molecule has 5 nitrogen and oxygen atoms in total. The van der Waals surface area contributed by atoms with Crippen molar-refractivity contribution in [3.8, 4) is 0 Å². The molecule has 0 spiro atoms. The van der Waals surface area contributed by atoms with Crippen LogP contribution >= 0.6 is 11.3 Å². The van der Waals surface area contributed by atoms with Crippen molar-refractivity contribution in [2.75, 3.05) is 5.32 Å². The number of nitrogens with zero attached hydrogens (tertiary/aromatic N) is 2. The van der Waals surface area contributed by atoms with Crippen LogP contribution in [0.15, 0.2) is 40.6 Å². The summed E-state index contributed by atoms with van der Waals surface area (Å²) in [4.78, 5) is 29.0. The molecule has 0 fully saturated rings. The van der Waals surface area contributed by atoms with E-state index in [1.807, 2.05) is 0 Å². The Bertz CT molecular complexity index is 963. The van der Waals surface area contributed by atoms with Crippen LogP contribution in [0.3, 0.4) is 0 Å². The number of anilines is 1. The molecule has 2 aromatic heterocycles. The summed E-state index contributed by atoms with van der Waals surface area (Å²) >= 11 is 1.32. The third-order valence-electron chi connectivity index (χ3n) is 3.76. The second kappa shape index (κ2) is 4.74. The maximum atomic E-state index is 13.5. The van der Waals surface area contributed by atoms with Gasteiger partial charge in [-0.2, -0.15) is 4.98 Å². The zero-order valence-electron chi connectivity index (χ0n) is 11.2. The number of thiazole rings is 1. The summed E-state index contributed by atoms with van der Waals surface area (Å²) in [5.41, 5.74) is 0.623. The van der Waals surface area contributed by atoms with Crippen molar-refractivity contribution in [2.24, 2.45) is 0 Å². The molecule has 1 aliphatic rings. The number of amides is 1. The first kappa shape index (κ1) is 13.1. The van der Waals surface area contributed by atoms with Crippen molar-refractivity contribution in [3.63, 3.8) is 0 Å². The van der Waals surface area contributed by atoms with Crippen molar-refractivity contribution in [2.45, 2.75) is 12.3 Å². The van der Waals surface area contributed by atoms with Gasteiger partial charge < -0.3 is 5.32 Å². The second-order valence-electron chi connectivity index (χ2n) is 5.09. The third kappa shape index (κ3) is 1.93. The fourth-order valence-electron chi connectivity index (χ4n) is 2.82. The molecule has 1 aromatic carbocycles. The molecule has 0 saturated heterocycles. The molecule has 4 rings (SSSR count). The van der Waals surface area contributed by atoms with Gasteiger partial charge in [-0.25, -0.2) is 4.39 Å². The molecule has 0 aliphatic carbocycles. The number of nitrogens with one attached hydrogen (secondary N) is 1. The summed E-state index contributed by atoms with van der Waals surface area (Å²) in [5, 5.41) is 4.53.